The molecule has 1 saturated heterocycles. The second kappa shape index (κ2) is 12.4. The molecule has 1 heterocycles. The molecular formula is C28H31ClN4O2. The number of nitrogens with zero attached hydrogens (tertiary/aromatic N) is 1. The third-order valence-electron chi connectivity index (χ3n) is 6.17. The van der Waals surface area contributed by atoms with Gasteiger partial charge < -0.3 is 20.9 Å². The van der Waals surface area contributed by atoms with Crippen molar-refractivity contribution >= 4 is 29.2 Å². The van der Waals surface area contributed by atoms with Gasteiger partial charge in [-0.1, -0.05) is 66.2 Å². The molecule has 0 aromatic heterocycles. The Labute approximate surface area is 211 Å². The second-order valence-corrected chi connectivity index (χ2v) is 9.19. The van der Waals surface area contributed by atoms with E-state index < -0.39 is 6.04 Å². The van der Waals surface area contributed by atoms with Crippen LogP contribution < -0.4 is 16.0 Å². The summed E-state index contributed by atoms with van der Waals surface area (Å²) in [6.45, 7) is 3.64. The van der Waals surface area contributed by atoms with Crippen LogP contribution in [-0.2, 0) is 4.79 Å². The standard InChI is InChI=1S/C28H31ClN4O2/c29-24-12-8-23(9-13-24)26(20-27(34)30-16-19-33-17-4-5-18-33)32-28(35)31-25-14-10-22(11-15-25)21-6-2-1-3-7-21/h1-3,6-15,26H,4-5,16-20H2,(H,30,34)(H2,31,32,35). The van der Waals surface area contributed by atoms with Gasteiger partial charge in [-0.2, -0.15) is 0 Å². The maximum Gasteiger partial charge on any atom is 0.319 e. The lowest BCUT2D eigenvalue weighted by molar-refractivity contribution is -0.121. The Balaban J connectivity index is 1.35. The number of carbonyl (C=O) groups is 2. The Morgan fingerprint density at radius 1 is 0.857 bits per heavy atom. The van der Waals surface area contributed by atoms with Crippen LogP contribution in [0.4, 0.5) is 10.5 Å². The highest BCUT2D eigenvalue weighted by atomic mass is 35.5. The largest absolute Gasteiger partial charge is 0.355 e. The molecule has 1 aliphatic rings. The summed E-state index contributed by atoms with van der Waals surface area (Å²) in [7, 11) is 0. The smallest absolute Gasteiger partial charge is 0.319 e. The number of carbonyl (C=O) groups excluding carboxylic acids is 2. The number of urea groups is 1. The lowest BCUT2D eigenvalue weighted by Gasteiger charge is -2.20. The van der Waals surface area contributed by atoms with Gasteiger partial charge in [-0.15, -0.1) is 0 Å². The van der Waals surface area contributed by atoms with E-state index in [1.165, 1.54) is 12.8 Å². The predicted octanol–water partition coefficient (Wildman–Crippen LogP) is 5.47. The number of benzene rings is 3. The van der Waals surface area contributed by atoms with Gasteiger partial charge >= 0.3 is 6.03 Å². The predicted molar refractivity (Wildman–Crippen MR) is 142 cm³/mol. The Morgan fingerprint density at radius 2 is 1.51 bits per heavy atom. The average Bonchev–Trinajstić information content (AvgIpc) is 3.39. The summed E-state index contributed by atoms with van der Waals surface area (Å²) in [5.74, 6) is -0.100. The van der Waals surface area contributed by atoms with Gasteiger partial charge in [-0.25, -0.2) is 4.79 Å². The second-order valence-electron chi connectivity index (χ2n) is 8.75. The van der Waals surface area contributed by atoms with E-state index in [4.69, 9.17) is 11.6 Å². The Hall–Kier alpha value is -3.35. The number of likely N-dealkylation sites (tertiary alicyclic amines) is 1. The average molecular weight is 491 g/mol. The Morgan fingerprint density at radius 3 is 2.20 bits per heavy atom. The number of rotatable bonds is 9. The van der Waals surface area contributed by atoms with Crippen LogP contribution in [0.5, 0.6) is 0 Å². The van der Waals surface area contributed by atoms with Crippen molar-refractivity contribution in [2.75, 3.05) is 31.5 Å². The molecule has 1 aliphatic heterocycles. The number of hydrogen-bond donors (Lipinski definition) is 3. The zero-order valence-corrected chi connectivity index (χ0v) is 20.4. The SMILES string of the molecule is O=C(CC(NC(=O)Nc1ccc(-c2ccccc2)cc1)c1ccc(Cl)cc1)NCCN1CCCC1. The molecule has 1 unspecified atom stereocenters. The number of anilines is 1. The van der Waals surface area contributed by atoms with Crippen LogP contribution in [0.3, 0.4) is 0 Å². The summed E-state index contributed by atoms with van der Waals surface area (Å²) < 4.78 is 0. The maximum atomic E-state index is 12.8. The minimum absolute atomic E-state index is 0.100. The molecule has 0 saturated carbocycles. The van der Waals surface area contributed by atoms with E-state index >= 15 is 0 Å². The molecule has 0 aliphatic carbocycles. The van der Waals surface area contributed by atoms with E-state index in [9.17, 15) is 9.59 Å². The topological polar surface area (TPSA) is 73.5 Å². The molecule has 182 valence electrons. The quantitative estimate of drug-likeness (QED) is 0.372. The van der Waals surface area contributed by atoms with Crippen LogP contribution in [0.2, 0.25) is 5.02 Å². The molecule has 3 aromatic carbocycles. The number of halogens is 1. The van der Waals surface area contributed by atoms with Crippen LogP contribution in [0.25, 0.3) is 11.1 Å². The van der Waals surface area contributed by atoms with Gasteiger partial charge in [0.2, 0.25) is 5.91 Å². The van der Waals surface area contributed by atoms with Crippen LogP contribution in [0, 0.1) is 0 Å². The fraction of sp³-hybridized carbons (Fsp3) is 0.286. The Bertz CT molecular complexity index is 1100. The van der Waals surface area contributed by atoms with Crippen LogP contribution in [0.1, 0.15) is 30.9 Å². The summed E-state index contributed by atoms with van der Waals surface area (Å²) in [6, 6.07) is 24.1. The first kappa shape index (κ1) is 24.8. The molecule has 0 spiro atoms. The highest BCUT2D eigenvalue weighted by molar-refractivity contribution is 6.30. The zero-order chi connectivity index (χ0) is 24.5. The third kappa shape index (κ3) is 7.57. The third-order valence-corrected chi connectivity index (χ3v) is 6.42. The van der Waals surface area contributed by atoms with E-state index in [1.54, 1.807) is 12.1 Å². The van der Waals surface area contributed by atoms with Gasteiger partial charge in [0.1, 0.15) is 0 Å². The molecule has 35 heavy (non-hydrogen) atoms. The molecule has 7 heteroatoms. The van der Waals surface area contributed by atoms with Crippen molar-refractivity contribution in [1.82, 2.24) is 15.5 Å². The monoisotopic (exact) mass is 490 g/mol. The summed E-state index contributed by atoms with van der Waals surface area (Å²) in [6.07, 6.45) is 2.59. The first-order valence-corrected chi connectivity index (χ1v) is 12.4. The van der Waals surface area contributed by atoms with Gasteiger partial charge in [-0.3, -0.25) is 4.79 Å². The number of nitrogens with one attached hydrogen (secondary N) is 3. The van der Waals surface area contributed by atoms with Crippen LogP contribution in [0.15, 0.2) is 78.9 Å². The maximum absolute atomic E-state index is 12.8. The molecule has 3 aromatic rings. The summed E-state index contributed by atoms with van der Waals surface area (Å²) in [4.78, 5) is 27.8. The minimum atomic E-state index is -0.484. The van der Waals surface area contributed by atoms with Crippen molar-refractivity contribution in [3.8, 4) is 11.1 Å². The molecule has 0 bridgehead atoms. The van der Waals surface area contributed by atoms with Gasteiger partial charge in [0.25, 0.3) is 0 Å². The van der Waals surface area contributed by atoms with Crippen molar-refractivity contribution in [1.29, 1.82) is 0 Å². The fourth-order valence-corrected chi connectivity index (χ4v) is 4.39. The van der Waals surface area contributed by atoms with Crippen molar-refractivity contribution in [3.05, 3.63) is 89.4 Å². The normalized spacial score (nSPS) is 14.3. The molecule has 6 nitrogen and oxygen atoms in total. The Kier molecular flexibility index (Phi) is 8.76. The number of amides is 3. The van der Waals surface area contributed by atoms with E-state index in [1.807, 2.05) is 66.7 Å². The summed E-state index contributed by atoms with van der Waals surface area (Å²) in [5.41, 5.74) is 3.68. The molecular weight excluding hydrogens is 460 g/mol. The van der Waals surface area contributed by atoms with Crippen molar-refractivity contribution in [2.45, 2.75) is 25.3 Å². The number of hydrogen-bond acceptors (Lipinski definition) is 3. The van der Waals surface area contributed by atoms with E-state index in [0.717, 1.165) is 36.3 Å². The highest BCUT2D eigenvalue weighted by Crippen LogP contribution is 2.22. The van der Waals surface area contributed by atoms with Crippen molar-refractivity contribution in [2.24, 2.45) is 0 Å². The lowest BCUT2D eigenvalue weighted by atomic mass is 10.0. The van der Waals surface area contributed by atoms with Gasteiger partial charge in [0.15, 0.2) is 0 Å². The fourth-order valence-electron chi connectivity index (χ4n) is 4.27. The van der Waals surface area contributed by atoms with Crippen LogP contribution in [-0.4, -0.2) is 43.0 Å². The molecule has 3 amide bonds. The minimum Gasteiger partial charge on any atom is -0.355 e. The lowest BCUT2D eigenvalue weighted by Crippen LogP contribution is -2.38. The van der Waals surface area contributed by atoms with Crippen molar-refractivity contribution in [3.63, 3.8) is 0 Å². The van der Waals surface area contributed by atoms with E-state index in [2.05, 4.69) is 20.9 Å². The van der Waals surface area contributed by atoms with Crippen molar-refractivity contribution < 1.29 is 9.59 Å². The molecule has 1 fully saturated rings. The van der Waals surface area contributed by atoms with Gasteiger partial charge in [-0.05, 0) is 66.9 Å². The highest BCUT2D eigenvalue weighted by Gasteiger charge is 2.19. The molecule has 0 radical (unpaired) electrons. The molecule has 4 rings (SSSR count). The van der Waals surface area contributed by atoms with E-state index in [0.29, 0.717) is 17.3 Å². The first-order valence-electron chi connectivity index (χ1n) is 12.0. The van der Waals surface area contributed by atoms with Crippen LogP contribution >= 0.6 is 11.6 Å². The summed E-state index contributed by atoms with van der Waals surface area (Å²) >= 11 is 6.04. The summed E-state index contributed by atoms with van der Waals surface area (Å²) in [5, 5.41) is 9.41. The van der Waals surface area contributed by atoms with Gasteiger partial charge in [0, 0.05) is 23.8 Å². The zero-order valence-electron chi connectivity index (χ0n) is 19.7. The molecule has 1 atom stereocenters. The van der Waals surface area contributed by atoms with E-state index in [-0.39, 0.29) is 18.4 Å². The first-order chi connectivity index (χ1) is 17.1. The molecule has 3 N–H and O–H groups in total. The van der Waals surface area contributed by atoms with Gasteiger partial charge in [0.05, 0.1) is 12.5 Å².